The number of carbonyl (C=O) groups is 3. The van der Waals surface area contributed by atoms with Crippen LogP contribution in [0.2, 0.25) is 0 Å². The second-order valence-electron chi connectivity index (χ2n) is 6.15. The molecule has 3 aliphatic heterocycles. The van der Waals surface area contributed by atoms with Crippen molar-refractivity contribution >= 4 is 51.0 Å². The van der Waals surface area contributed by atoms with E-state index in [1.165, 1.54) is 4.90 Å². The van der Waals surface area contributed by atoms with Gasteiger partial charge >= 0.3 is 0 Å². The number of aryl methyl sites for hydroxylation is 1. The van der Waals surface area contributed by atoms with Gasteiger partial charge in [-0.3, -0.25) is 14.4 Å². The number of ketones is 1. The zero-order valence-corrected chi connectivity index (χ0v) is 14.3. The Bertz CT molecular complexity index is 719. The summed E-state index contributed by atoms with van der Waals surface area (Å²) in [4.78, 5) is 39.0. The summed E-state index contributed by atoms with van der Waals surface area (Å²) in [6.07, 6.45) is 0.433. The molecule has 0 unspecified atom stereocenters. The number of rotatable bonds is 1. The van der Waals surface area contributed by atoms with Crippen LogP contribution in [0.3, 0.4) is 0 Å². The minimum Gasteiger partial charge on any atom is -0.299 e. The van der Waals surface area contributed by atoms with Crippen molar-refractivity contribution in [2.45, 2.75) is 18.6 Å². The summed E-state index contributed by atoms with van der Waals surface area (Å²) in [7, 11) is 0. The largest absolute Gasteiger partial charge is 0.299 e. The van der Waals surface area contributed by atoms with E-state index >= 15 is 0 Å². The van der Waals surface area contributed by atoms with Crippen LogP contribution in [-0.4, -0.2) is 28.6 Å². The molecular weight excluding hydrogens is 366 g/mol. The normalized spacial score (nSPS) is 33.5. The van der Waals surface area contributed by atoms with Crippen molar-refractivity contribution in [1.82, 2.24) is 0 Å². The maximum Gasteiger partial charge on any atom is 0.238 e. The molecule has 2 amide bonds. The molecule has 1 aromatic carbocycles. The molecule has 1 saturated carbocycles. The Balaban J connectivity index is 1.77. The molecule has 4 nitrogen and oxygen atoms in total. The predicted octanol–water partition coefficient (Wildman–Crippen LogP) is 2.57. The number of hydrogen-bond acceptors (Lipinski definition) is 4. The number of hydrogen-bond donors (Lipinski definition) is 0. The fourth-order valence-corrected chi connectivity index (χ4v) is 5.68. The van der Waals surface area contributed by atoms with Gasteiger partial charge in [-0.05, 0) is 30.7 Å². The maximum atomic E-state index is 12.8. The third-order valence-electron chi connectivity index (χ3n) is 4.94. The van der Waals surface area contributed by atoms with Gasteiger partial charge in [0.05, 0.1) is 17.5 Å². The quantitative estimate of drug-likeness (QED) is 0.703. The van der Waals surface area contributed by atoms with E-state index < -0.39 is 5.92 Å². The topological polar surface area (TPSA) is 54.5 Å². The van der Waals surface area contributed by atoms with Gasteiger partial charge in [0.2, 0.25) is 11.8 Å². The number of benzene rings is 1. The third kappa shape index (κ3) is 1.86. The number of nitrogens with zero attached hydrogens (tertiary/aromatic N) is 1. The second-order valence-corrected chi connectivity index (χ2v) is 8.27. The summed E-state index contributed by atoms with van der Waals surface area (Å²) >= 11 is 5.10. The highest BCUT2D eigenvalue weighted by Crippen LogP contribution is 2.51. The van der Waals surface area contributed by atoms with Crippen LogP contribution >= 0.6 is 27.7 Å². The van der Waals surface area contributed by atoms with Gasteiger partial charge in [-0.15, -0.1) is 0 Å². The molecular formula is C16H14BrNO3S. The lowest BCUT2D eigenvalue weighted by atomic mass is 9.72. The summed E-state index contributed by atoms with van der Waals surface area (Å²) in [5.41, 5.74) is 1.59. The predicted molar refractivity (Wildman–Crippen MR) is 87.7 cm³/mol. The van der Waals surface area contributed by atoms with Gasteiger partial charge in [0.15, 0.2) is 0 Å². The number of fused-ring (bicyclic) bond motifs is 2. The first-order valence-electron chi connectivity index (χ1n) is 7.27. The van der Waals surface area contributed by atoms with Gasteiger partial charge in [-0.25, -0.2) is 4.90 Å². The molecule has 22 heavy (non-hydrogen) atoms. The standard InChI is InChI=1S/C16H14BrNO3S/c1-7-4-8(2-3-10(7)17)18-15(20)13-9-6-22-12(5-11(9)19)14(13)16(18)21/h2-4,9,12-14H,5-6H2,1H3/t9-,12+,13-,14+/m1/s1. The van der Waals surface area contributed by atoms with E-state index in [0.717, 1.165) is 10.0 Å². The van der Waals surface area contributed by atoms with Crippen LogP contribution in [0, 0.1) is 24.7 Å². The molecule has 5 rings (SSSR count). The highest BCUT2D eigenvalue weighted by molar-refractivity contribution is 9.10. The van der Waals surface area contributed by atoms with E-state index in [4.69, 9.17) is 0 Å². The summed E-state index contributed by atoms with van der Waals surface area (Å²) in [5, 5.41) is -0.0273. The molecule has 1 aliphatic carbocycles. The molecule has 6 heteroatoms. The van der Waals surface area contributed by atoms with Crippen molar-refractivity contribution in [1.29, 1.82) is 0 Å². The van der Waals surface area contributed by atoms with Crippen molar-refractivity contribution in [2.75, 3.05) is 10.7 Å². The number of anilines is 1. The van der Waals surface area contributed by atoms with Gasteiger partial charge < -0.3 is 0 Å². The maximum absolute atomic E-state index is 12.8. The average Bonchev–Trinajstić information content (AvgIpc) is 2.76. The summed E-state index contributed by atoms with van der Waals surface area (Å²) in [5.74, 6) is -0.539. The summed E-state index contributed by atoms with van der Waals surface area (Å²) < 4.78 is 0.943. The summed E-state index contributed by atoms with van der Waals surface area (Å²) in [6.45, 7) is 1.93. The van der Waals surface area contributed by atoms with Gasteiger partial charge in [0.1, 0.15) is 5.78 Å². The Hall–Kier alpha value is -1.14. The Morgan fingerprint density at radius 2 is 1.91 bits per heavy atom. The van der Waals surface area contributed by atoms with Crippen molar-refractivity contribution in [2.24, 2.45) is 17.8 Å². The number of thioether (sulfide) groups is 1. The molecule has 3 heterocycles. The van der Waals surface area contributed by atoms with Gasteiger partial charge in [-0.2, -0.15) is 11.8 Å². The van der Waals surface area contributed by atoms with Crippen LogP contribution in [-0.2, 0) is 14.4 Å². The molecule has 0 aromatic heterocycles. The molecule has 0 spiro atoms. The fourth-order valence-electron chi connectivity index (χ4n) is 3.81. The zero-order valence-electron chi connectivity index (χ0n) is 11.9. The Labute approximate surface area is 140 Å². The Morgan fingerprint density at radius 3 is 2.59 bits per heavy atom. The zero-order chi connectivity index (χ0) is 15.6. The van der Waals surface area contributed by atoms with E-state index in [2.05, 4.69) is 15.9 Å². The molecule has 0 radical (unpaired) electrons. The lowest BCUT2D eigenvalue weighted by molar-refractivity contribution is -0.134. The van der Waals surface area contributed by atoms with Crippen LogP contribution in [0.5, 0.6) is 0 Å². The number of amides is 2. The molecule has 3 saturated heterocycles. The monoisotopic (exact) mass is 379 g/mol. The smallest absolute Gasteiger partial charge is 0.238 e. The van der Waals surface area contributed by atoms with Crippen LogP contribution in [0.25, 0.3) is 0 Å². The van der Waals surface area contributed by atoms with E-state index in [1.54, 1.807) is 17.8 Å². The van der Waals surface area contributed by atoms with Crippen LogP contribution < -0.4 is 4.90 Å². The highest BCUT2D eigenvalue weighted by atomic mass is 79.9. The van der Waals surface area contributed by atoms with E-state index in [-0.39, 0.29) is 34.7 Å². The average molecular weight is 380 g/mol. The van der Waals surface area contributed by atoms with Gasteiger partial charge in [0.25, 0.3) is 0 Å². The molecule has 4 aliphatic rings. The first-order valence-corrected chi connectivity index (χ1v) is 9.11. The van der Waals surface area contributed by atoms with Gasteiger partial charge in [0, 0.05) is 27.8 Å². The lowest BCUT2D eigenvalue weighted by Gasteiger charge is -2.40. The van der Waals surface area contributed by atoms with Crippen LogP contribution in [0.4, 0.5) is 5.69 Å². The fraction of sp³-hybridized carbons (Fsp3) is 0.438. The Morgan fingerprint density at radius 1 is 1.18 bits per heavy atom. The number of imide groups is 1. The lowest BCUT2D eigenvalue weighted by Crippen LogP contribution is -2.49. The van der Waals surface area contributed by atoms with Crippen molar-refractivity contribution in [3.8, 4) is 0 Å². The minimum atomic E-state index is -0.441. The van der Waals surface area contributed by atoms with Crippen molar-refractivity contribution < 1.29 is 14.4 Å². The number of carbonyl (C=O) groups excluding carboxylic acids is 3. The SMILES string of the molecule is Cc1cc(N2C(=O)[C@@H]3[C@H](C2=O)[C@@H]2CS[C@H]3CC2=O)ccc1Br. The molecule has 0 N–H and O–H groups in total. The summed E-state index contributed by atoms with van der Waals surface area (Å²) in [6, 6.07) is 5.47. The molecule has 114 valence electrons. The van der Waals surface area contributed by atoms with Crippen LogP contribution in [0.1, 0.15) is 12.0 Å². The van der Waals surface area contributed by atoms with Crippen molar-refractivity contribution in [3.05, 3.63) is 28.2 Å². The van der Waals surface area contributed by atoms with E-state index in [1.807, 2.05) is 19.1 Å². The highest BCUT2D eigenvalue weighted by Gasteiger charge is 2.61. The first-order chi connectivity index (χ1) is 10.5. The molecule has 4 fully saturated rings. The van der Waals surface area contributed by atoms with Gasteiger partial charge in [-0.1, -0.05) is 15.9 Å². The number of halogens is 1. The number of Topliss-reactive ketones (excluding diaryl/α,β-unsaturated/α-hetero) is 1. The molecule has 4 atom stereocenters. The molecule has 1 aromatic rings. The van der Waals surface area contributed by atoms with E-state index in [9.17, 15) is 14.4 Å². The Kier molecular flexibility index (Phi) is 3.24. The third-order valence-corrected chi connectivity index (χ3v) is 7.27. The van der Waals surface area contributed by atoms with Crippen LogP contribution in [0.15, 0.2) is 22.7 Å². The van der Waals surface area contributed by atoms with Crippen molar-refractivity contribution in [3.63, 3.8) is 0 Å². The second kappa shape index (κ2) is 4.93. The minimum absolute atomic E-state index is 0.0273. The molecule has 2 bridgehead atoms. The first kappa shape index (κ1) is 14.5. The van der Waals surface area contributed by atoms with E-state index in [0.29, 0.717) is 17.9 Å².